The van der Waals surface area contributed by atoms with Gasteiger partial charge in [-0.25, -0.2) is 4.79 Å². The minimum atomic E-state index is -0.443. The quantitative estimate of drug-likeness (QED) is 0.624. The molecule has 1 amide bonds. The van der Waals surface area contributed by atoms with Crippen LogP contribution in [0, 0.1) is 5.92 Å². The fraction of sp³-hybridized carbons (Fsp3) is 0.500. The molecule has 0 spiro atoms. The number of carbonyl (C=O) groups is 3. The molecule has 0 unspecified atom stereocenters. The molecule has 0 radical (unpaired) electrons. The predicted molar refractivity (Wildman–Crippen MR) is 85.5 cm³/mol. The summed E-state index contributed by atoms with van der Waals surface area (Å²) in [5.41, 5.74) is 0.390. The van der Waals surface area contributed by atoms with E-state index >= 15 is 0 Å². The van der Waals surface area contributed by atoms with Gasteiger partial charge < -0.3 is 14.4 Å². The number of nitrogens with zero attached hydrogens (tertiary/aromatic N) is 1. The Bertz CT molecular complexity index is 633. The highest BCUT2D eigenvalue weighted by atomic mass is 16.5. The summed E-state index contributed by atoms with van der Waals surface area (Å²) in [6.45, 7) is 0.447. The van der Waals surface area contributed by atoms with Crippen molar-refractivity contribution in [3.8, 4) is 5.75 Å². The zero-order valence-electron chi connectivity index (χ0n) is 13.7. The molecule has 0 N–H and O–H groups in total. The Labute approximate surface area is 140 Å². The molecule has 6 nitrogen and oxygen atoms in total. The first-order valence-corrected chi connectivity index (χ1v) is 8.28. The largest absolute Gasteiger partial charge is 0.465 e. The third-order valence-corrected chi connectivity index (χ3v) is 4.75. The summed E-state index contributed by atoms with van der Waals surface area (Å²) < 4.78 is 9.98. The van der Waals surface area contributed by atoms with Crippen LogP contribution in [0.3, 0.4) is 0 Å². The van der Waals surface area contributed by atoms with Crippen LogP contribution in [0.1, 0.15) is 42.5 Å². The molecule has 1 atom stereocenters. The van der Waals surface area contributed by atoms with Crippen molar-refractivity contribution in [3.63, 3.8) is 0 Å². The zero-order valence-corrected chi connectivity index (χ0v) is 13.7. The number of benzene rings is 1. The first-order valence-electron chi connectivity index (χ1n) is 8.28. The lowest BCUT2D eigenvalue weighted by Crippen LogP contribution is -2.35. The van der Waals surface area contributed by atoms with Gasteiger partial charge in [0, 0.05) is 19.0 Å². The van der Waals surface area contributed by atoms with Crippen LogP contribution in [0.15, 0.2) is 24.3 Å². The van der Waals surface area contributed by atoms with Crippen molar-refractivity contribution in [2.75, 3.05) is 13.7 Å². The van der Waals surface area contributed by atoms with Crippen molar-refractivity contribution < 1.29 is 23.9 Å². The summed E-state index contributed by atoms with van der Waals surface area (Å²) >= 11 is 0. The molecule has 128 valence electrons. The molecule has 0 bridgehead atoms. The Morgan fingerprint density at radius 3 is 2.42 bits per heavy atom. The molecule has 1 aliphatic heterocycles. The van der Waals surface area contributed by atoms with Crippen LogP contribution in [0.4, 0.5) is 0 Å². The van der Waals surface area contributed by atoms with Gasteiger partial charge in [0.15, 0.2) is 0 Å². The van der Waals surface area contributed by atoms with Crippen molar-refractivity contribution in [3.05, 3.63) is 29.8 Å². The van der Waals surface area contributed by atoms with E-state index < -0.39 is 17.9 Å². The summed E-state index contributed by atoms with van der Waals surface area (Å²) in [7, 11) is 1.31. The maximum atomic E-state index is 12.3. The fourth-order valence-electron chi connectivity index (χ4n) is 3.43. The van der Waals surface area contributed by atoms with Gasteiger partial charge in [0.25, 0.3) is 0 Å². The maximum Gasteiger partial charge on any atom is 0.337 e. The summed E-state index contributed by atoms with van der Waals surface area (Å²) in [5.74, 6) is -0.848. The summed E-state index contributed by atoms with van der Waals surface area (Å²) in [6, 6.07) is 6.47. The molecular weight excluding hydrogens is 310 g/mol. The van der Waals surface area contributed by atoms with Gasteiger partial charge >= 0.3 is 11.9 Å². The van der Waals surface area contributed by atoms with Crippen LogP contribution in [-0.4, -0.2) is 42.4 Å². The number of rotatable bonds is 4. The van der Waals surface area contributed by atoms with Crippen LogP contribution >= 0.6 is 0 Å². The van der Waals surface area contributed by atoms with E-state index in [1.54, 1.807) is 24.3 Å². The molecule has 2 fully saturated rings. The molecule has 1 heterocycles. The number of methoxy groups -OCH3 is 1. The number of likely N-dealkylation sites (tertiary alicyclic amines) is 1. The highest BCUT2D eigenvalue weighted by molar-refractivity contribution is 5.90. The number of esters is 2. The Balaban J connectivity index is 1.59. The van der Waals surface area contributed by atoms with Gasteiger partial charge in [-0.2, -0.15) is 0 Å². The monoisotopic (exact) mass is 331 g/mol. The third-order valence-electron chi connectivity index (χ3n) is 4.75. The van der Waals surface area contributed by atoms with Crippen LogP contribution in [0.5, 0.6) is 5.75 Å². The standard InChI is InChI=1S/C18H21NO5/c1-23-17(21)12-6-8-15(9-7-12)24-18(22)13-10-16(20)19(11-13)14-4-2-3-5-14/h6-9,13-14H,2-5,10-11H2,1H3/t13-/m1/s1. The van der Waals surface area contributed by atoms with Gasteiger partial charge in [0.05, 0.1) is 18.6 Å². The van der Waals surface area contributed by atoms with Crippen molar-refractivity contribution in [2.45, 2.75) is 38.1 Å². The van der Waals surface area contributed by atoms with E-state index in [1.165, 1.54) is 7.11 Å². The van der Waals surface area contributed by atoms with Crippen LogP contribution in [0.25, 0.3) is 0 Å². The summed E-state index contributed by atoms with van der Waals surface area (Å²) in [4.78, 5) is 37.7. The molecule has 2 aliphatic rings. The average Bonchev–Trinajstić information content (AvgIpc) is 3.24. The first-order chi connectivity index (χ1) is 11.6. The van der Waals surface area contributed by atoms with Crippen molar-refractivity contribution in [1.29, 1.82) is 0 Å². The number of carbonyl (C=O) groups excluding carboxylic acids is 3. The minimum absolute atomic E-state index is 0.0462. The number of ether oxygens (including phenoxy) is 2. The first kappa shape index (κ1) is 16.5. The third kappa shape index (κ3) is 3.42. The Hall–Kier alpha value is -2.37. The zero-order chi connectivity index (χ0) is 17.1. The van der Waals surface area contributed by atoms with Gasteiger partial charge in [0.1, 0.15) is 5.75 Å². The number of hydrogen-bond donors (Lipinski definition) is 0. The molecule has 3 rings (SSSR count). The molecular formula is C18H21NO5. The smallest absolute Gasteiger partial charge is 0.337 e. The molecule has 1 saturated heterocycles. The second-order valence-corrected chi connectivity index (χ2v) is 6.32. The summed E-state index contributed by atoms with van der Waals surface area (Å²) in [6.07, 6.45) is 4.58. The Kier molecular flexibility index (Phi) is 4.83. The Morgan fingerprint density at radius 1 is 1.12 bits per heavy atom. The minimum Gasteiger partial charge on any atom is -0.465 e. The molecule has 1 aliphatic carbocycles. The lowest BCUT2D eigenvalue weighted by atomic mass is 10.1. The van der Waals surface area contributed by atoms with Gasteiger partial charge in [-0.1, -0.05) is 12.8 Å². The molecule has 1 saturated carbocycles. The molecule has 0 aromatic heterocycles. The van der Waals surface area contributed by atoms with Gasteiger partial charge in [-0.3, -0.25) is 9.59 Å². The average molecular weight is 331 g/mol. The lowest BCUT2D eigenvalue weighted by molar-refractivity contribution is -0.139. The van der Waals surface area contributed by atoms with E-state index in [0.29, 0.717) is 17.9 Å². The normalized spacial score (nSPS) is 21.1. The van der Waals surface area contributed by atoms with Crippen molar-refractivity contribution >= 4 is 17.8 Å². The topological polar surface area (TPSA) is 72.9 Å². The second kappa shape index (κ2) is 7.03. The number of hydrogen-bond acceptors (Lipinski definition) is 5. The number of amides is 1. The van der Waals surface area contributed by atoms with Crippen LogP contribution in [-0.2, 0) is 14.3 Å². The van der Waals surface area contributed by atoms with Crippen molar-refractivity contribution in [1.82, 2.24) is 4.90 Å². The molecule has 24 heavy (non-hydrogen) atoms. The highest BCUT2D eigenvalue weighted by Crippen LogP contribution is 2.30. The van der Waals surface area contributed by atoms with E-state index in [9.17, 15) is 14.4 Å². The maximum absolute atomic E-state index is 12.3. The van der Waals surface area contributed by atoms with E-state index in [0.717, 1.165) is 25.7 Å². The second-order valence-electron chi connectivity index (χ2n) is 6.32. The predicted octanol–water partition coefficient (Wildman–Crippen LogP) is 2.17. The van der Waals surface area contributed by atoms with E-state index in [-0.39, 0.29) is 18.4 Å². The fourth-order valence-corrected chi connectivity index (χ4v) is 3.43. The van der Waals surface area contributed by atoms with Crippen molar-refractivity contribution in [2.24, 2.45) is 5.92 Å². The van der Waals surface area contributed by atoms with Crippen LogP contribution in [0.2, 0.25) is 0 Å². The SMILES string of the molecule is COC(=O)c1ccc(OC(=O)[C@@H]2CC(=O)N(C3CCCC3)C2)cc1. The molecule has 6 heteroatoms. The van der Waals surface area contributed by atoms with Gasteiger partial charge in [0.2, 0.25) is 5.91 Å². The van der Waals surface area contributed by atoms with E-state index in [1.807, 2.05) is 4.90 Å². The molecule has 1 aromatic rings. The van der Waals surface area contributed by atoms with Gasteiger partial charge in [-0.05, 0) is 37.1 Å². The highest BCUT2D eigenvalue weighted by Gasteiger charge is 2.39. The van der Waals surface area contributed by atoms with Gasteiger partial charge in [-0.15, -0.1) is 0 Å². The summed E-state index contributed by atoms with van der Waals surface area (Å²) in [5, 5.41) is 0. The lowest BCUT2D eigenvalue weighted by Gasteiger charge is -2.23. The van der Waals surface area contributed by atoms with E-state index in [2.05, 4.69) is 4.74 Å². The van der Waals surface area contributed by atoms with E-state index in [4.69, 9.17) is 4.74 Å². The van der Waals surface area contributed by atoms with Crippen LogP contribution < -0.4 is 4.74 Å². The Morgan fingerprint density at radius 2 is 1.79 bits per heavy atom. The molecule has 1 aromatic carbocycles.